The molecule has 1 aliphatic heterocycles. The summed E-state index contributed by atoms with van der Waals surface area (Å²) in [6, 6.07) is 0. The van der Waals surface area contributed by atoms with Crippen LogP contribution in [0.4, 0.5) is 0 Å². The minimum atomic E-state index is -0.179. The van der Waals surface area contributed by atoms with E-state index in [9.17, 15) is 4.79 Å². The van der Waals surface area contributed by atoms with Crippen LogP contribution >= 0.6 is 11.3 Å². The Balaban J connectivity index is 2.00. The number of nitrogens with two attached hydrogens (primary N) is 1. The summed E-state index contributed by atoms with van der Waals surface area (Å²) in [5, 5.41) is 5.57. The average Bonchev–Trinajstić information content (AvgIpc) is 2.78. The third-order valence-corrected chi connectivity index (χ3v) is 3.84. The van der Waals surface area contributed by atoms with Crippen LogP contribution in [0.1, 0.15) is 35.3 Å². The molecular weight excluding hydrogens is 238 g/mol. The summed E-state index contributed by atoms with van der Waals surface area (Å²) in [6.07, 6.45) is 1.68. The van der Waals surface area contributed by atoms with E-state index in [1.165, 1.54) is 11.3 Å². The van der Waals surface area contributed by atoms with Gasteiger partial charge in [0.15, 0.2) is 0 Å². The predicted octanol–water partition coefficient (Wildman–Crippen LogP) is 0.901. The van der Waals surface area contributed by atoms with E-state index >= 15 is 0 Å². The topological polar surface area (TPSA) is 77.2 Å². The molecule has 3 N–H and O–H groups in total. The molecule has 0 radical (unpaired) electrons. The smallest absolute Gasteiger partial charge is 0.271 e. The van der Waals surface area contributed by atoms with Crippen molar-refractivity contribution in [2.45, 2.75) is 31.8 Å². The maximum Gasteiger partial charge on any atom is 0.271 e. The Bertz CT molecular complexity index is 399. The zero-order valence-electron chi connectivity index (χ0n) is 9.86. The van der Waals surface area contributed by atoms with Gasteiger partial charge in [-0.05, 0) is 19.8 Å². The first-order valence-corrected chi connectivity index (χ1v) is 6.56. The third-order valence-electron chi connectivity index (χ3n) is 2.97. The quantitative estimate of drug-likeness (QED) is 0.841. The van der Waals surface area contributed by atoms with Crippen molar-refractivity contribution in [3.8, 4) is 0 Å². The number of carbonyl (C=O) groups is 1. The Kier molecular flexibility index (Phi) is 3.76. The van der Waals surface area contributed by atoms with Gasteiger partial charge in [-0.25, -0.2) is 4.98 Å². The number of hydrogen-bond donors (Lipinski definition) is 2. The fourth-order valence-electron chi connectivity index (χ4n) is 1.79. The normalized spacial score (nSPS) is 18.9. The number of rotatable bonds is 3. The minimum Gasteiger partial charge on any atom is -0.381 e. The van der Waals surface area contributed by atoms with Crippen LogP contribution in [0, 0.1) is 0 Å². The summed E-state index contributed by atoms with van der Waals surface area (Å²) in [7, 11) is 0. The molecule has 0 aliphatic carbocycles. The SMILES string of the molecule is CC1(NC(=O)c2csc(CN)n2)CCOCC1. The molecule has 6 heteroatoms. The Morgan fingerprint density at radius 3 is 2.94 bits per heavy atom. The van der Waals surface area contributed by atoms with Crippen molar-refractivity contribution in [3.05, 3.63) is 16.1 Å². The van der Waals surface area contributed by atoms with Crippen molar-refractivity contribution in [1.29, 1.82) is 0 Å². The Morgan fingerprint density at radius 2 is 2.35 bits per heavy atom. The second-order valence-corrected chi connectivity index (χ2v) is 5.40. The highest BCUT2D eigenvalue weighted by molar-refractivity contribution is 7.09. The van der Waals surface area contributed by atoms with Crippen molar-refractivity contribution in [2.75, 3.05) is 13.2 Å². The van der Waals surface area contributed by atoms with Crippen LogP contribution in [-0.2, 0) is 11.3 Å². The molecule has 17 heavy (non-hydrogen) atoms. The molecule has 0 unspecified atom stereocenters. The largest absolute Gasteiger partial charge is 0.381 e. The molecule has 1 saturated heterocycles. The maximum atomic E-state index is 12.0. The molecule has 0 spiro atoms. The lowest BCUT2D eigenvalue weighted by molar-refractivity contribution is 0.0421. The van der Waals surface area contributed by atoms with Gasteiger partial charge in [0.1, 0.15) is 10.7 Å². The number of hydrogen-bond acceptors (Lipinski definition) is 5. The third kappa shape index (κ3) is 3.02. The molecule has 0 saturated carbocycles. The maximum absolute atomic E-state index is 12.0. The van der Waals surface area contributed by atoms with E-state index in [0.29, 0.717) is 25.5 Å². The second kappa shape index (κ2) is 5.12. The van der Waals surface area contributed by atoms with Crippen molar-refractivity contribution in [3.63, 3.8) is 0 Å². The summed E-state index contributed by atoms with van der Waals surface area (Å²) in [5.74, 6) is -0.120. The van der Waals surface area contributed by atoms with E-state index in [4.69, 9.17) is 10.5 Å². The minimum absolute atomic E-state index is 0.120. The molecule has 1 aliphatic rings. The monoisotopic (exact) mass is 255 g/mol. The Labute approximate surface area is 104 Å². The van der Waals surface area contributed by atoms with E-state index in [0.717, 1.165) is 17.8 Å². The fourth-order valence-corrected chi connectivity index (χ4v) is 2.45. The van der Waals surface area contributed by atoms with E-state index in [-0.39, 0.29) is 11.4 Å². The fraction of sp³-hybridized carbons (Fsp3) is 0.636. The summed E-state index contributed by atoms with van der Waals surface area (Å²) in [5.41, 5.74) is 5.76. The van der Waals surface area contributed by atoms with Crippen molar-refractivity contribution >= 4 is 17.2 Å². The van der Waals surface area contributed by atoms with E-state index in [1.807, 2.05) is 6.92 Å². The molecule has 94 valence electrons. The molecule has 0 bridgehead atoms. The van der Waals surface area contributed by atoms with Crippen LogP contribution in [0.15, 0.2) is 5.38 Å². The standard InChI is InChI=1S/C11H17N3O2S/c1-11(2-4-16-5-3-11)14-10(15)8-7-17-9(6-12)13-8/h7H,2-6,12H2,1H3,(H,14,15). The van der Waals surface area contributed by atoms with Gasteiger partial charge in [-0.2, -0.15) is 0 Å². The highest BCUT2D eigenvalue weighted by Crippen LogP contribution is 2.20. The van der Waals surface area contributed by atoms with Crippen molar-refractivity contribution in [1.82, 2.24) is 10.3 Å². The van der Waals surface area contributed by atoms with Gasteiger partial charge in [0, 0.05) is 30.7 Å². The van der Waals surface area contributed by atoms with Gasteiger partial charge in [-0.3, -0.25) is 4.79 Å². The predicted molar refractivity (Wildman–Crippen MR) is 65.9 cm³/mol. The number of ether oxygens (including phenoxy) is 1. The van der Waals surface area contributed by atoms with Crippen LogP contribution in [-0.4, -0.2) is 29.6 Å². The van der Waals surface area contributed by atoms with Crippen molar-refractivity contribution < 1.29 is 9.53 Å². The average molecular weight is 255 g/mol. The number of aromatic nitrogens is 1. The lowest BCUT2D eigenvalue weighted by Crippen LogP contribution is -2.49. The van der Waals surface area contributed by atoms with Crippen LogP contribution in [0.5, 0.6) is 0 Å². The molecule has 0 aromatic carbocycles. The summed E-state index contributed by atoms with van der Waals surface area (Å²) >= 11 is 1.42. The lowest BCUT2D eigenvalue weighted by Gasteiger charge is -2.34. The van der Waals surface area contributed by atoms with Gasteiger partial charge in [0.25, 0.3) is 5.91 Å². The molecule has 5 nitrogen and oxygen atoms in total. The van der Waals surface area contributed by atoms with Gasteiger partial charge in [0.05, 0.1) is 0 Å². The molecule has 1 fully saturated rings. The van der Waals surface area contributed by atoms with Gasteiger partial charge < -0.3 is 15.8 Å². The highest BCUT2D eigenvalue weighted by Gasteiger charge is 2.29. The first kappa shape index (κ1) is 12.5. The van der Waals surface area contributed by atoms with Crippen LogP contribution in [0.3, 0.4) is 0 Å². The molecule has 1 aromatic heterocycles. The zero-order valence-corrected chi connectivity index (χ0v) is 10.7. The molecule has 1 amide bonds. The van der Waals surface area contributed by atoms with Gasteiger partial charge >= 0.3 is 0 Å². The van der Waals surface area contributed by atoms with E-state index < -0.39 is 0 Å². The van der Waals surface area contributed by atoms with Gasteiger partial charge in [-0.15, -0.1) is 11.3 Å². The Morgan fingerprint density at radius 1 is 1.65 bits per heavy atom. The molecular formula is C11H17N3O2S. The summed E-state index contributed by atoms with van der Waals surface area (Å²) < 4.78 is 5.29. The first-order chi connectivity index (χ1) is 8.13. The number of carbonyl (C=O) groups excluding carboxylic acids is 1. The number of nitrogens with one attached hydrogen (secondary N) is 1. The van der Waals surface area contributed by atoms with Gasteiger partial charge in [0.2, 0.25) is 0 Å². The highest BCUT2D eigenvalue weighted by atomic mass is 32.1. The van der Waals surface area contributed by atoms with E-state index in [1.54, 1.807) is 5.38 Å². The summed E-state index contributed by atoms with van der Waals surface area (Å²) in [6.45, 7) is 3.82. The number of thiazole rings is 1. The van der Waals surface area contributed by atoms with Crippen molar-refractivity contribution in [2.24, 2.45) is 5.73 Å². The van der Waals surface area contributed by atoms with Crippen LogP contribution < -0.4 is 11.1 Å². The molecule has 2 heterocycles. The molecule has 0 atom stereocenters. The Hall–Kier alpha value is -0.980. The lowest BCUT2D eigenvalue weighted by atomic mass is 9.92. The van der Waals surface area contributed by atoms with Crippen LogP contribution in [0.2, 0.25) is 0 Å². The van der Waals surface area contributed by atoms with Crippen LogP contribution in [0.25, 0.3) is 0 Å². The number of amides is 1. The zero-order chi connectivity index (χ0) is 12.3. The first-order valence-electron chi connectivity index (χ1n) is 5.68. The van der Waals surface area contributed by atoms with E-state index in [2.05, 4.69) is 10.3 Å². The van der Waals surface area contributed by atoms with Gasteiger partial charge in [-0.1, -0.05) is 0 Å². The second-order valence-electron chi connectivity index (χ2n) is 4.46. The summed E-state index contributed by atoms with van der Waals surface area (Å²) in [4.78, 5) is 16.2. The molecule has 2 rings (SSSR count). The number of nitrogens with zero attached hydrogens (tertiary/aromatic N) is 1. The molecule has 1 aromatic rings.